The van der Waals surface area contributed by atoms with Gasteiger partial charge in [-0.25, -0.2) is 4.98 Å². The summed E-state index contributed by atoms with van der Waals surface area (Å²) in [5, 5.41) is 11.1. The van der Waals surface area contributed by atoms with Crippen molar-refractivity contribution >= 4 is 5.91 Å². The summed E-state index contributed by atoms with van der Waals surface area (Å²) in [5.74, 6) is 4.98. The Hall–Kier alpha value is -2.14. The van der Waals surface area contributed by atoms with Crippen molar-refractivity contribution in [2.24, 2.45) is 62.6 Å². The van der Waals surface area contributed by atoms with Crippen LogP contribution in [0.15, 0.2) is 36.5 Å². The first-order chi connectivity index (χ1) is 22.8. The van der Waals surface area contributed by atoms with E-state index < -0.39 is 0 Å². The molecule has 6 aliphatic rings. The molecule has 5 saturated carbocycles. The Kier molecular flexibility index (Phi) is 7.69. The van der Waals surface area contributed by atoms with Crippen molar-refractivity contribution in [2.45, 2.75) is 138 Å². The lowest BCUT2D eigenvalue weighted by Gasteiger charge is -2.73. The van der Waals surface area contributed by atoms with E-state index >= 15 is 4.79 Å². The molecule has 0 spiro atoms. The van der Waals surface area contributed by atoms with E-state index in [2.05, 4.69) is 88.7 Å². The number of aromatic amines is 1. The molecule has 11 atom stereocenters. The molecule has 5 aliphatic carbocycles. The van der Waals surface area contributed by atoms with E-state index in [0.29, 0.717) is 41.4 Å². The number of nitrogens with one attached hydrogen (secondary N) is 1. The summed E-state index contributed by atoms with van der Waals surface area (Å²) < 4.78 is 0. The van der Waals surface area contributed by atoms with Crippen LogP contribution in [0.4, 0.5) is 0 Å². The number of hydrogen-bond donors (Lipinski definition) is 2. The fourth-order valence-electron chi connectivity index (χ4n) is 14.6. The Labute approximate surface area is 290 Å². The number of carbonyl (C=O) groups is 1. The Balaban J connectivity index is 1.12. The van der Waals surface area contributed by atoms with Crippen LogP contribution in [0, 0.1) is 62.6 Å². The number of nitrogens with zero attached hydrogens (tertiary/aromatic N) is 2. The monoisotopic (exact) mass is 653 g/mol. The number of H-pyrrole nitrogens is 1. The van der Waals surface area contributed by atoms with Crippen molar-refractivity contribution in [3.63, 3.8) is 0 Å². The summed E-state index contributed by atoms with van der Waals surface area (Å²) in [6.07, 6.45) is 15.5. The van der Waals surface area contributed by atoms with Crippen molar-refractivity contribution < 1.29 is 9.90 Å². The third-order valence-electron chi connectivity index (χ3n) is 17.3. The molecule has 1 aromatic heterocycles. The highest BCUT2D eigenvalue weighted by atomic mass is 16.3. The number of benzene rings is 1. The largest absolute Gasteiger partial charge is 0.393 e. The van der Waals surface area contributed by atoms with Gasteiger partial charge in [0.25, 0.3) is 0 Å². The maximum absolute atomic E-state index is 15.4. The lowest BCUT2D eigenvalue weighted by atomic mass is 9.32. The SMILES string of the molecule is CC(C)C1CC[C@]2(C(=O)N3CCC[C@H]3c3ncc(-c4ccccc4)[nH]3)CC[C@]3(C)[C@H](CC[C@@H]4[C@@]5(C)CC[C@H](O)C(C)(C)[C@@H]5CC[C@]43C)[C@@H]12. The molecule has 1 saturated heterocycles. The Bertz CT molecular complexity index is 1530. The fraction of sp³-hybridized carbons (Fsp3) is 0.767. The van der Waals surface area contributed by atoms with E-state index in [1.807, 2.05) is 6.20 Å². The number of hydrogen-bond acceptors (Lipinski definition) is 3. The van der Waals surface area contributed by atoms with Gasteiger partial charge in [0.15, 0.2) is 0 Å². The molecule has 48 heavy (non-hydrogen) atoms. The molecule has 2 N–H and O–H groups in total. The van der Waals surface area contributed by atoms with E-state index in [0.717, 1.165) is 55.7 Å². The van der Waals surface area contributed by atoms with Gasteiger partial charge in [-0.15, -0.1) is 0 Å². The molecule has 1 amide bonds. The van der Waals surface area contributed by atoms with Crippen molar-refractivity contribution in [3.05, 3.63) is 42.4 Å². The van der Waals surface area contributed by atoms with Gasteiger partial charge in [-0.2, -0.15) is 0 Å². The van der Waals surface area contributed by atoms with Crippen LogP contribution < -0.4 is 0 Å². The van der Waals surface area contributed by atoms with Crippen LogP contribution in [0.5, 0.6) is 0 Å². The summed E-state index contributed by atoms with van der Waals surface area (Å²) >= 11 is 0. The maximum atomic E-state index is 15.4. The van der Waals surface area contributed by atoms with Gasteiger partial charge in [0, 0.05) is 6.54 Å². The van der Waals surface area contributed by atoms with Crippen LogP contribution in [0.25, 0.3) is 11.3 Å². The van der Waals surface area contributed by atoms with Gasteiger partial charge in [-0.3, -0.25) is 4.79 Å². The smallest absolute Gasteiger partial charge is 0.229 e. The Morgan fingerprint density at radius 2 is 1.65 bits per heavy atom. The van der Waals surface area contributed by atoms with Crippen LogP contribution in [0.3, 0.4) is 0 Å². The standard InChI is InChI=1S/C43H63N3O2/c1-27(2)29-17-22-43(38(48)46-25-11-14-32(46)37-44-26-31(45-37)28-12-9-8-10-13-28)24-23-41(6)30(36(29)43)15-16-34-40(5)20-19-35(47)39(3,4)33(40)18-21-42(34,41)7/h8-10,12-13,26-27,29-30,32-36,47H,11,14-25H2,1-7H3,(H,44,45)/t29?,30-,32+,33+,34-,35+,36-,40+,41-,42-,43+/m1/s1. The highest BCUT2D eigenvalue weighted by Gasteiger charge is 2.72. The van der Waals surface area contributed by atoms with Gasteiger partial charge >= 0.3 is 0 Å². The van der Waals surface area contributed by atoms with Crippen molar-refractivity contribution in [3.8, 4) is 11.3 Å². The highest BCUT2D eigenvalue weighted by molar-refractivity contribution is 5.84. The fourth-order valence-corrected chi connectivity index (χ4v) is 14.6. The Morgan fingerprint density at radius 1 is 0.875 bits per heavy atom. The highest BCUT2D eigenvalue weighted by Crippen LogP contribution is 2.77. The molecule has 6 fully saturated rings. The van der Waals surface area contributed by atoms with Crippen LogP contribution in [-0.4, -0.2) is 38.5 Å². The molecule has 0 bridgehead atoms. The van der Waals surface area contributed by atoms with E-state index in [1.54, 1.807) is 0 Å². The lowest BCUT2D eigenvalue weighted by Crippen LogP contribution is -2.67. The number of imidazole rings is 1. The molecule has 1 aromatic carbocycles. The number of aliphatic hydroxyl groups is 1. The normalized spacial score (nSPS) is 44.9. The molecule has 8 rings (SSSR count). The Morgan fingerprint density at radius 3 is 2.40 bits per heavy atom. The van der Waals surface area contributed by atoms with Gasteiger partial charge in [0.2, 0.25) is 5.91 Å². The molecule has 1 aliphatic heterocycles. The van der Waals surface area contributed by atoms with Crippen LogP contribution in [0.2, 0.25) is 0 Å². The van der Waals surface area contributed by atoms with Gasteiger partial charge in [0.1, 0.15) is 5.82 Å². The van der Waals surface area contributed by atoms with Crippen LogP contribution in [0.1, 0.15) is 137 Å². The molecule has 2 heterocycles. The molecular weight excluding hydrogens is 590 g/mol. The number of aliphatic hydroxyl groups excluding tert-OH is 1. The zero-order valence-electron chi connectivity index (χ0n) is 31.0. The molecule has 262 valence electrons. The second kappa shape index (κ2) is 11.2. The summed E-state index contributed by atoms with van der Waals surface area (Å²) in [6.45, 7) is 18.5. The van der Waals surface area contributed by atoms with Gasteiger partial charge in [-0.05, 0) is 140 Å². The van der Waals surface area contributed by atoms with E-state index in [9.17, 15) is 5.11 Å². The second-order valence-corrected chi connectivity index (χ2v) is 19.4. The zero-order valence-corrected chi connectivity index (χ0v) is 31.0. The van der Waals surface area contributed by atoms with E-state index in [4.69, 9.17) is 4.98 Å². The number of fused-ring (bicyclic) bond motifs is 7. The molecule has 5 heteroatoms. The lowest BCUT2D eigenvalue weighted by molar-refractivity contribution is -0.249. The second-order valence-electron chi connectivity index (χ2n) is 19.4. The van der Waals surface area contributed by atoms with Gasteiger partial charge in [0.05, 0.1) is 29.5 Å². The third kappa shape index (κ3) is 4.37. The van der Waals surface area contributed by atoms with Crippen LogP contribution >= 0.6 is 0 Å². The quantitative estimate of drug-likeness (QED) is 0.345. The predicted octanol–water partition coefficient (Wildman–Crippen LogP) is 9.84. The average molecular weight is 654 g/mol. The zero-order chi connectivity index (χ0) is 33.9. The summed E-state index contributed by atoms with van der Waals surface area (Å²) in [5.41, 5.74) is 2.73. The molecule has 0 radical (unpaired) electrons. The first kappa shape index (κ1) is 33.0. The van der Waals surface area contributed by atoms with Crippen molar-refractivity contribution in [1.82, 2.24) is 14.9 Å². The number of carbonyl (C=O) groups excluding carboxylic acids is 1. The molecule has 5 nitrogen and oxygen atoms in total. The number of likely N-dealkylation sites (tertiary alicyclic amines) is 1. The van der Waals surface area contributed by atoms with E-state index in [1.165, 1.54) is 44.9 Å². The maximum Gasteiger partial charge on any atom is 0.229 e. The first-order valence-corrected chi connectivity index (χ1v) is 19.9. The minimum Gasteiger partial charge on any atom is -0.393 e. The molecular formula is C43H63N3O2. The summed E-state index contributed by atoms with van der Waals surface area (Å²) in [7, 11) is 0. The van der Waals surface area contributed by atoms with E-state index in [-0.39, 0.29) is 39.2 Å². The molecule has 1 unspecified atom stereocenters. The van der Waals surface area contributed by atoms with Gasteiger partial charge in [-0.1, -0.05) is 78.8 Å². The summed E-state index contributed by atoms with van der Waals surface area (Å²) in [6, 6.07) is 10.5. The number of rotatable bonds is 4. The topological polar surface area (TPSA) is 69.2 Å². The third-order valence-corrected chi connectivity index (χ3v) is 17.3. The van der Waals surface area contributed by atoms with Gasteiger partial charge < -0.3 is 15.0 Å². The van der Waals surface area contributed by atoms with Crippen LogP contribution in [-0.2, 0) is 4.79 Å². The summed E-state index contributed by atoms with van der Waals surface area (Å²) in [4.78, 5) is 26.2. The average Bonchev–Trinajstić information content (AvgIpc) is 3.82. The van der Waals surface area contributed by atoms with Crippen molar-refractivity contribution in [1.29, 1.82) is 0 Å². The minimum atomic E-state index is -0.238. The molecule has 2 aromatic rings. The van der Waals surface area contributed by atoms with Crippen molar-refractivity contribution in [2.75, 3.05) is 6.54 Å². The number of amides is 1. The number of aromatic nitrogens is 2. The first-order valence-electron chi connectivity index (χ1n) is 19.9. The predicted molar refractivity (Wildman–Crippen MR) is 193 cm³/mol. The minimum absolute atomic E-state index is 0.0173.